The number of piperidine rings is 2. The number of benzene rings is 2. The summed E-state index contributed by atoms with van der Waals surface area (Å²) in [4.78, 5) is 31.2. The third-order valence-electron chi connectivity index (χ3n) is 8.07. The fraction of sp³-hybridized carbons (Fsp3) is 0.379. The number of carbonyl (C=O) groups is 1. The Morgan fingerprint density at radius 2 is 1.55 bits per heavy atom. The van der Waals surface area contributed by atoms with E-state index in [0.29, 0.717) is 31.4 Å². The van der Waals surface area contributed by atoms with E-state index in [-0.39, 0.29) is 29.1 Å². The van der Waals surface area contributed by atoms with Crippen molar-refractivity contribution in [2.75, 3.05) is 26.2 Å². The number of rotatable bonds is 5. The van der Waals surface area contributed by atoms with Crippen LogP contribution in [0.1, 0.15) is 37.3 Å². The van der Waals surface area contributed by atoms with Gasteiger partial charge in [0, 0.05) is 49.9 Å². The Labute approximate surface area is 228 Å². The smallest absolute Gasteiger partial charge is 0.333 e. The molecule has 2 saturated heterocycles. The number of hydrogen-bond donors (Lipinski definition) is 0. The lowest BCUT2D eigenvalue weighted by atomic mass is 9.93. The molecule has 8 nitrogen and oxygen atoms in total. The summed E-state index contributed by atoms with van der Waals surface area (Å²) in [5.74, 6) is -2.09. The number of likely N-dealkylation sites (tertiary alicyclic amines) is 2. The van der Waals surface area contributed by atoms with Crippen LogP contribution in [-0.2, 0) is 11.3 Å². The van der Waals surface area contributed by atoms with Crippen molar-refractivity contribution in [3.05, 3.63) is 88.4 Å². The molecule has 2 aliphatic rings. The zero-order valence-electron chi connectivity index (χ0n) is 21.8. The first-order valence-electron chi connectivity index (χ1n) is 13.5. The van der Waals surface area contributed by atoms with Crippen molar-refractivity contribution in [2.45, 2.75) is 38.3 Å². The van der Waals surface area contributed by atoms with Gasteiger partial charge >= 0.3 is 5.69 Å². The van der Waals surface area contributed by atoms with Crippen molar-refractivity contribution in [3.8, 4) is 5.69 Å². The molecular weight excluding hydrogens is 521 g/mol. The molecule has 2 fully saturated rings. The van der Waals surface area contributed by atoms with Crippen LogP contribution >= 0.6 is 0 Å². The Kier molecular flexibility index (Phi) is 7.14. The van der Waals surface area contributed by atoms with Gasteiger partial charge in [-0.05, 0) is 74.7 Å². The van der Waals surface area contributed by atoms with Crippen molar-refractivity contribution < 1.29 is 18.0 Å². The van der Waals surface area contributed by atoms with Crippen LogP contribution in [0, 0.1) is 23.4 Å². The second-order valence-electron chi connectivity index (χ2n) is 10.6. The van der Waals surface area contributed by atoms with E-state index in [9.17, 15) is 22.8 Å². The molecule has 0 spiro atoms. The van der Waals surface area contributed by atoms with Crippen LogP contribution in [0.25, 0.3) is 16.7 Å². The second-order valence-corrected chi connectivity index (χ2v) is 10.6. The minimum Gasteiger partial charge on any atom is -0.342 e. The average molecular weight is 551 g/mol. The third kappa shape index (κ3) is 5.13. The predicted octanol–water partition coefficient (Wildman–Crippen LogP) is 4.08. The highest BCUT2D eigenvalue weighted by Crippen LogP contribution is 2.30. The molecule has 0 saturated carbocycles. The number of aromatic nitrogens is 4. The Morgan fingerprint density at radius 1 is 0.825 bits per heavy atom. The number of hydrogen-bond acceptors (Lipinski definition) is 5. The van der Waals surface area contributed by atoms with E-state index in [4.69, 9.17) is 0 Å². The van der Waals surface area contributed by atoms with Gasteiger partial charge in [-0.15, -0.1) is 0 Å². The molecule has 6 rings (SSSR count). The molecule has 1 amide bonds. The molecule has 208 valence electrons. The van der Waals surface area contributed by atoms with Crippen LogP contribution < -0.4 is 5.69 Å². The van der Waals surface area contributed by atoms with E-state index in [2.05, 4.69) is 15.1 Å². The van der Waals surface area contributed by atoms with Crippen molar-refractivity contribution in [3.63, 3.8) is 0 Å². The van der Waals surface area contributed by atoms with Crippen molar-refractivity contribution in [2.24, 2.45) is 5.92 Å². The summed E-state index contributed by atoms with van der Waals surface area (Å²) >= 11 is 0. The summed E-state index contributed by atoms with van der Waals surface area (Å²) in [6.07, 6.45) is 6.12. The first-order valence-corrected chi connectivity index (χ1v) is 13.5. The maximum Gasteiger partial charge on any atom is 0.333 e. The standard InChI is InChI=1S/C29H29F3N6O2/c30-21-1-2-26-27(16-21)38(25-14-22(31)13-23(32)15-25)29(40)37(26)24-6-11-36(12-7-24)28(39)20-4-9-35(10-5-20)18-19-3-8-33-34-17-19/h1-3,8,13-17,20,24H,4-7,9-12,18H2. The molecule has 0 radical (unpaired) electrons. The van der Waals surface area contributed by atoms with Gasteiger partial charge in [0.2, 0.25) is 5.91 Å². The molecule has 2 aromatic carbocycles. The monoisotopic (exact) mass is 550 g/mol. The minimum absolute atomic E-state index is 0.00370. The second kappa shape index (κ2) is 10.9. The summed E-state index contributed by atoms with van der Waals surface area (Å²) < 4.78 is 44.9. The molecule has 0 unspecified atom stereocenters. The van der Waals surface area contributed by atoms with Gasteiger partial charge in [-0.25, -0.2) is 18.0 Å². The number of fused-ring (bicyclic) bond motifs is 1. The van der Waals surface area contributed by atoms with E-state index in [0.717, 1.165) is 60.8 Å². The number of halogens is 3. The summed E-state index contributed by atoms with van der Waals surface area (Å²) in [5.41, 5.74) is 1.33. The van der Waals surface area contributed by atoms with Gasteiger partial charge in [-0.3, -0.25) is 18.8 Å². The summed E-state index contributed by atoms with van der Waals surface area (Å²) in [7, 11) is 0. The van der Waals surface area contributed by atoms with Crippen molar-refractivity contribution in [1.82, 2.24) is 29.1 Å². The van der Waals surface area contributed by atoms with Crippen molar-refractivity contribution in [1.29, 1.82) is 0 Å². The first-order chi connectivity index (χ1) is 19.4. The Hall–Kier alpha value is -3.99. The molecule has 0 aliphatic carbocycles. The highest BCUT2D eigenvalue weighted by Gasteiger charge is 2.32. The zero-order chi connectivity index (χ0) is 27.8. The quantitative estimate of drug-likeness (QED) is 0.375. The highest BCUT2D eigenvalue weighted by molar-refractivity contribution is 5.80. The lowest BCUT2D eigenvalue weighted by molar-refractivity contribution is -0.138. The molecule has 0 atom stereocenters. The molecule has 4 heterocycles. The van der Waals surface area contributed by atoms with Crippen LogP contribution in [0.5, 0.6) is 0 Å². The molecule has 2 aromatic heterocycles. The highest BCUT2D eigenvalue weighted by atomic mass is 19.1. The van der Waals surface area contributed by atoms with Crippen LogP contribution in [0.2, 0.25) is 0 Å². The molecule has 2 aliphatic heterocycles. The van der Waals surface area contributed by atoms with Gasteiger partial charge in [0.25, 0.3) is 0 Å². The van der Waals surface area contributed by atoms with E-state index < -0.39 is 23.1 Å². The van der Waals surface area contributed by atoms with E-state index >= 15 is 0 Å². The van der Waals surface area contributed by atoms with Crippen LogP contribution in [0.3, 0.4) is 0 Å². The SMILES string of the molecule is O=C(C1CCN(Cc2ccnnc2)CC1)N1CCC(n2c(=O)n(-c3cc(F)cc(F)c3)c3cc(F)ccc32)CC1. The molecule has 11 heteroatoms. The average Bonchev–Trinajstić information content (AvgIpc) is 3.24. The fourth-order valence-electron chi connectivity index (χ4n) is 6.07. The largest absolute Gasteiger partial charge is 0.342 e. The fourth-order valence-corrected chi connectivity index (χ4v) is 6.07. The molecule has 40 heavy (non-hydrogen) atoms. The van der Waals surface area contributed by atoms with Gasteiger partial charge in [0.1, 0.15) is 17.5 Å². The Balaban J connectivity index is 1.15. The zero-order valence-corrected chi connectivity index (χ0v) is 21.8. The van der Waals surface area contributed by atoms with Gasteiger partial charge < -0.3 is 4.90 Å². The van der Waals surface area contributed by atoms with E-state index in [1.54, 1.807) is 17.0 Å². The summed E-state index contributed by atoms with van der Waals surface area (Å²) in [6.45, 7) is 3.46. The van der Waals surface area contributed by atoms with Crippen LogP contribution in [0.4, 0.5) is 13.2 Å². The van der Waals surface area contributed by atoms with E-state index in [1.807, 2.05) is 11.0 Å². The Morgan fingerprint density at radius 3 is 2.23 bits per heavy atom. The van der Waals surface area contributed by atoms with Gasteiger partial charge in [-0.2, -0.15) is 10.2 Å². The lowest BCUT2D eigenvalue weighted by Gasteiger charge is -2.37. The van der Waals surface area contributed by atoms with Gasteiger partial charge in [-0.1, -0.05) is 0 Å². The molecular formula is C29H29F3N6O2. The molecule has 4 aromatic rings. The topological polar surface area (TPSA) is 76.3 Å². The predicted molar refractivity (Wildman–Crippen MR) is 142 cm³/mol. The lowest BCUT2D eigenvalue weighted by Crippen LogP contribution is -2.46. The normalized spacial score (nSPS) is 17.5. The van der Waals surface area contributed by atoms with E-state index in [1.165, 1.54) is 18.2 Å². The van der Waals surface area contributed by atoms with Crippen molar-refractivity contribution >= 4 is 16.9 Å². The number of amides is 1. The van der Waals surface area contributed by atoms with Gasteiger partial charge in [0.15, 0.2) is 0 Å². The molecule has 0 bridgehead atoms. The number of carbonyl (C=O) groups excluding carboxylic acids is 1. The number of nitrogens with zero attached hydrogens (tertiary/aromatic N) is 6. The van der Waals surface area contributed by atoms with Gasteiger partial charge in [0.05, 0.1) is 22.9 Å². The Bertz CT molecular complexity index is 1570. The maximum absolute atomic E-state index is 14.2. The first kappa shape index (κ1) is 26.2. The number of imidazole rings is 1. The maximum atomic E-state index is 14.2. The summed E-state index contributed by atoms with van der Waals surface area (Å²) in [6, 6.07) is 8.54. The minimum atomic E-state index is -0.828. The van der Waals surface area contributed by atoms with Crippen LogP contribution in [-0.4, -0.2) is 61.2 Å². The summed E-state index contributed by atoms with van der Waals surface area (Å²) in [5, 5.41) is 7.74. The van der Waals surface area contributed by atoms with Crippen LogP contribution in [0.15, 0.2) is 59.7 Å². The molecule has 0 N–H and O–H groups in total. The third-order valence-corrected chi connectivity index (χ3v) is 8.07.